The molecule has 1 aromatic carbocycles. The minimum absolute atomic E-state index is 0.0935. The molecule has 0 amide bonds. The van der Waals surface area contributed by atoms with Crippen LogP contribution in [-0.2, 0) is 16.6 Å². The van der Waals surface area contributed by atoms with Gasteiger partial charge in [0.2, 0.25) is 15.8 Å². The number of nitrogens with one attached hydrogen (secondary N) is 1. The van der Waals surface area contributed by atoms with Crippen LogP contribution in [0.3, 0.4) is 0 Å². The molecule has 0 saturated heterocycles. The number of sulfonamides is 1. The van der Waals surface area contributed by atoms with E-state index in [0.29, 0.717) is 17.3 Å². The molecule has 0 aliphatic carbocycles. The zero-order valence-electron chi connectivity index (χ0n) is 12.7. The lowest BCUT2D eigenvalue weighted by atomic mass is 10.2. The Hall–Kier alpha value is -2.38. The van der Waals surface area contributed by atoms with E-state index in [1.54, 1.807) is 13.0 Å². The largest absolute Gasteiger partial charge is 0.457 e. The number of aromatic nitrogens is 1. The van der Waals surface area contributed by atoms with E-state index in [4.69, 9.17) is 8.94 Å². The smallest absolute Gasteiger partial charge is 0.244 e. The zero-order chi connectivity index (χ0) is 16.4. The lowest BCUT2D eigenvalue weighted by Crippen LogP contribution is -2.23. The van der Waals surface area contributed by atoms with Crippen molar-refractivity contribution in [3.05, 3.63) is 59.5 Å². The molecule has 3 aromatic rings. The van der Waals surface area contributed by atoms with E-state index in [9.17, 15) is 8.42 Å². The highest BCUT2D eigenvalue weighted by molar-refractivity contribution is 7.89. The summed E-state index contributed by atoms with van der Waals surface area (Å²) in [5.74, 6) is 1.01. The number of furan rings is 1. The van der Waals surface area contributed by atoms with Crippen LogP contribution in [0.1, 0.15) is 16.9 Å². The quantitative estimate of drug-likeness (QED) is 0.776. The Balaban J connectivity index is 1.81. The summed E-state index contributed by atoms with van der Waals surface area (Å²) < 4.78 is 37.9. The van der Waals surface area contributed by atoms with Gasteiger partial charge in [0.1, 0.15) is 10.7 Å². The fourth-order valence-corrected chi connectivity index (χ4v) is 3.35. The third kappa shape index (κ3) is 3.35. The average molecular weight is 332 g/mol. The topological polar surface area (TPSA) is 85.3 Å². The summed E-state index contributed by atoms with van der Waals surface area (Å²) in [6, 6.07) is 10.7. The van der Waals surface area contributed by atoms with Crippen LogP contribution in [0.4, 0.5) is 0 Å². The molecule has 6 nitrogen and oxygen atoms in total. The molecule has 0 bridgehead atoms. The Morgan fingerprint density at radius 2 is 1.83 bits per heavy atom. The van der Waals surface area contributed by atoms with Gasteiger partial charge in [0.25, 0.3) is 0 Å². The maximum atomic E-state index is 12.5. The normalized spacial score (nSPS) is 11.7. The third-order valence-electron chi connectivity index (χ3n) is 3.43. The van der Waals surface area contributed by atoms with Gasteiger partial charge in [-0.15, -0.1) is 0 Å². The van der Waals surface area contributed by atoms with E-state index in [-0.39, 0.29) is 11.4 Å². The monoisotopic (exact) mass is 332 g/mol. The van der Waals surface area contributed by atoms with Crippen LogP contribution in [0.25, 0.3) is 11.5 Å². The molecule has 120 valence electrons. The van der Waals surface area contributed by atoms with Crippen molar-refractivity contribution < 1.29 is 17.4 Å². The molecule has 0 unspecified atom stereocenters. The van der Waals surface area contributed by atoms with E-state index >= 15 is 0 Å². The molecule has 0 radical (unpaired) electrons. The number of aryl methyl sites for hydroxylation is 2. The van der Waals surface area contributed by atoms with Crippen LogP contribution in [0.15, 0.2) is 56.4 Å². The molecule has 3 rings (SSSR count). The molecule has 23 heavy (non-hydrogen) atoms. The van der Waals surface area contributed by atoms with Gasteiger partial charge >= 0.3 is 0 Å². The minimum Gasteiger partial charge on any atom is -0.457 e. The number of benzene rings is 1. The summed E-state index contributed by atoms with van der Waals surface area (Å²) >= 11 is 0. The molecule has 0 saturated carbocycles. The Labute approximate surface area is 134 Å². The van der Waals surface area contributed by atoms with Gasteiger partial charge in [-0.1, -0.05) is 35.0 Å². The first kappa shape index (κ1) is 15.5. The van der Waals surface area contributed by atoms with Crippen LogP contribution >= 0.6 is 0 Å². The second-order valence-corrected chi connectivity index (χ2v) is 6.95. The predicted octanol–water partition coefficient (Wildman–Crippen LogP) is 3.03. The van der Waals surface area contributed by atoms with Crippen LogP contribution in [-0.4, -0.2) is 13.6 Å². The van der Waals surface area contributed by atoms with E-state index in [2.05, 4.69) is 9.88 Å². The third-order valence-corrected chi connectivity index (χ3v) is 4.94. The zero-order valence-corrected chi connectivity index (χ0v) is 13.6. The van der Waals surface area contributed by atoms with Gasteiger partial charge in [-0.3, -0.25) is 0 Å². The predicted molar refractivity (Wildman–Crippen MR) is 84.1 cm³/mol. The maximum Gasteiger partial charge on any atom is 0.244 e. The molecule has 0 aliphatic rings. The first-order chi connectivity index (χ1) is 11.0. The number of hydrogen-bond acceptors (Lipinski definition) is 5. The van der Waals surface area contributed by atoms with Crippen LogP contribution in [0, 0.1) is 13.8 Å². The lowest BCUT2D eigenvalue weighted by molar-refractivity contribution is 0.414. The molecule has 0 spiro atoms. The Morgan fingerprint density at radius 3 is 2.48 bits per heavy atom. The van der Waals surface area contributed by atoms with E-state index in [1.165, 1.54) is 12.3 Å². The Morgan fingerprint density at radius 1 is 1.09 bits per heavy atom. The SMILES string of the molecule is Cc1ccc(CNS(=O)(=O)c2cc(-c3ccno3)oc2C)cc1. The van der Waals surface area contributed by atoms with Crippen molar-refractivity contribution in [1.29, 1.82) is 0 Å². The Kier molecular flexibility index (Phi) is 4.06. The van der Waals surface area contributed by atoms with Crippen molar-refractivity contribution in [1.82, 2.24) is 9.88 Å². The van der Waals surface area contributed by atoms with E-state index < -0.39 is 10.0 Å². The van der Waals surface area contributed by atoms with Crippen LogP contribution < -0.4 is 4.72 Å². The van der Waals surface area contributed by atoms with Crippen molar-refractivity contribution in [2.75, 3.05) is 0 Å². The molecule has 2 aromatic heterocycles. The van der Waals surface area contributed by atoms with Crippen molar-refractivity contribution in [3.63, 3.8) is 0 Å². The van der Waals surface area contributed by atoms with Gasteiger partial charge in [0.05, 0.1) is 6.20 Å². The molecule has 2 heterocycles. The van der Waals surface area contributed by atoms with Gasteiger partial charge in [-0.2, -0.15) is 0 Å². The highest BCUT2D eigenvalue weighted by Gasteiger charge is 2.22. The summed E-state index contributed by atoms with van der Waals surface area (Å²) in [4.78, 5) is 0.0935. The van der Waals surface area contributed by atoms with Crippen LogP contribution in [0.2, 0.25) is 0 Å². The maximum absolute atomic E-state index is 12.5. The van der Waals surface area contributed by atoms with Crippen molar-refractivity contribution >= 4 is 10.0 Å². The van der Waals surface area contributed by atoms with Gasteiger partial charge in [-0.25, -0.2) is 13.1 Å². The first-order valence-electron chi connectivity index (χ1n) is 7.02. The highest BCUT2D eigenvalue weighted by Crippen LogP contribution is 2.27. The standard InChI is InChI=1S/C16H16N2O4S/c1-11-3-5-13(6-4-11)10-18-23(19,20)16-9-15(21-12(16)2)14-7-8-17-22-14/h3-9,18H,10H2,1-2H3. The van der Waals surface area contributed by atoms with Gasteiger partial charge in [0.15, 0.2) is 5.76 Å². The number of rotatable bonds is 5. The van der Waals surface area contributed by atoms with Crippen molar-refractivity contribution in [3.8, 4) is 11.5 Å². The van der Waals surface area contributed by atoms with Gasteiger partial charge in [-0.05, 0) is 19.4 Å². The highest BCUT2D eigenvalue weighted by atomic mass is 32.2. The number of hydrogen-bond donors (Lipinski definition) is 1. The van der Waals surface area contributed by atoms with E-state index in [0.717, 1.165) is 11.1 Å². The van der Waals surface area contributed by atoms with E-state index in [1.807, 2.05) is 31.2 Å². The molecule has 0 fully saturated rings. The minimum atomic E-state index is -3.68. The van der Waals surface area contributed by atoms with Crippen molar-refractivity contribution in [2.24, 2.45) is 0 Å². The van der Waals surface area contributed by atoms with Gasteiger partial charge in [0, 0.05) is 18.7 Å². The summed E-state index contributed by atoms with van der Waals surface area (Å²) in [6.45, 7) is 3.79. The molecule has 7 heteroatoms. The summed E-state index contributed by atoms with van der Waals surface area (Å²) in [5.41, 5.74) is 2.01. The number of nitrogens with zero attached hydrogens (tertiary/aromatic N) is 1. The van der Waals surface area contributed by atoms with Gasteiger partial charge < -0.3 is 8.94 Å². The second kappa shape index (κ2) is 6.02. The molecule has 1 N–H and O–H groups in total. The second-order valence-electron chi connectivity index (χ2n) is 5.22. The fourth-order valence-electron chi connectivity index (χ4n) is 2.16. The average Bonchev–Trinajstić information content (AvgIpc) is 3.16. The summed E-state index contributed by atoms with van der Waals surface area (Å²) in [6.07, 6.45) is 1.47. The summed E-state index contributed by atoms with van der Waals surface area (Å²) in [5, 5.41) is 3.58. The van der Waals surface area contributed by atoms with Crippen molar-refractivity contribution in [2.45, 2.75) is 25.3 Å². The molecular formula is C16H16N2O4S. The van der Waals surface area contributed by atoms with Crippen LogP contribution in [0.5, 0.6) is 0 Å². The fraction of sp³-hybridized carbons (Fsp3) is 0.188. The summed E-state index contributed by atoms with van der Waals surface area (Å²) in [7, 11) is -3.68. The first-order valence-corrected chi connectivity index (χ1v) is 8.51. The lowest BCUT2D eigenvalue weighted by Gasteiger charge is -2.06. The molecule has 0 atom stereocenters. The Bertz CT molecular complexity index is 894. The molecule has 0 aliphatic heterocycles. The molecular weight excluding hydrogens is 316 g/mol.